The third kappa shape index (κ3) is 2.47. The predicted molar refractivity (Wildman–Crippen MR) is 64.8 cm³/mol. The van der Waals surface area contributed by atoms with E-state index in [1.54, 1.807) is 0 Å². The van der Waals surface area contributed by atoms with Crippen molar-refractivity contribution in [1.29, 1.82) is 0 Å². The molecule has 0 spiro atoms. The Labute approximate surface area is 98.2 Å². The van der Waals surface area contributed by atoms with Crippen LogP contribution >= 0.6 is 0 Å². The Morgan fingerprint density at radius 2 is 1.81 bits per heavy atom. The number of likely N-dealkylation sites (tertiary alicyclic amines) is 1. The van der Waals surface area contributed by atoms with Crippen LogP contribution in [0, 0.1) is 11.8 Å². The Balaban J connectivity index is 1.90. The first-order valence-corrected chi connectivity index (χ1v) is 5.93. The summed E-state index contributed by atoms with van der Waals surface area (Å²) in [5.74, 6) is 1.13. The fourth-order valence-electron chi connectivity index (χ4n) is 2.63. The van der Waals surface area contributed by atoms with Crippen molar-refractivity contribution in [3.63, 3.8) is 0 Å². The molecule has 2 fully saturated rings. The SMILES string of the molecule is [B]=C1C[C@@H]2CN(C(=O)OC(C)(C)C)C[C@@H]2C1. The number of nitrogens with zero attached hydrogens (tertiary/aromatic N) is 1. The molecule has 1 radical (unpaired) electrons. The van der Waals surface area contributed by atoms with E-state index in [0.717, 1.165) is 31.4 Å². The number of rotatable bonds is 0. The fraction of sp³-hybridized carbons (Fsp3) is 0.833. The van der Waals surface area contributed by atoms with E-state index in [1.165, 1.54) is 0 Å². The average Bonchev–Trinajstić information content (AvgIpc) is 2.56. The molecule has 3 nitrogen and oxygen atoms in total. The summed E-state index contributed by atoms with van der Waals surface area (Å²) in [4.78, 5) is 13.7. The Morgan fingerprint density at radius 3 is 2.25 bits per heavy atom. The Kier molecular flexibility index (Phi) is 2.85. The number of carbonyl (C=O) groups is 1. The Bertz CT molecular complexity index is 305. The summed E-state index contributed by atoms with van der Waals surface area (Å²) < 4.78 is 5.36. The van der Waals surface area contributed by atoms with Crippen molar-refractivity contribution in [2.45, 2.75) is 39.2 Å². The predicted octanol–water partition coefficient (Wildman–Crippen LogP) is 1.60. The number of hydrogen-bond acceptors (Lipinski definition) is 2. The topological polar surface area (TPSA) is 29.5 Å². The minimum absolute atomic E-state index is 0.180. The van der Waals surface area contributed by atoms with Crippen LogP contribution in [0.25, 0.3) is 0 Å². The van der Waals surface area contributed by atoms with Crippen molar-refractivity contribution in [1.82, 2.24) is 4.90 Å². The molecule has 0 bridgehead atoms. The normalized spacial score (nSPS) is 29.4. The van der Waals surface area contributed by atoms with Crippen LogP contribution in [-0.4, -0.2) is 42.6 Å². The molecule has 1 aliphatic heterocycles. The number of fused-ring (bicyclic) bond motifs is 1. The molecule has 4 heteroatoms. The second kappa shape index (κ2) is 3.90. The number of carbonyl (C=O) groups excluding carboxylic acids is 1. The second-order valence-electron chi connectivity index (χ2n) is 5.97. The van der Waals surface area contributed by atoms with Gasteiger partial charge in [0.1, 0.15) is 0 Å². The monoisotopic (exact) mass is 220 g/mol. The van der Waals surface area contributed by atoms with Gasteiger partial charge in [-0.1, -0.05) is 0 Å². The summed E-state index contributed by atoms with van der Waals surface area (Å²) in [6, 6.07) is 0. The molecule has 1 saturated carbocycles. The van der Waals surface area contributed by atoms with Crippen LogP contribution in [0.15, 0.2) is 0 Å². The van der Waals surface area contributed by atoms with Crippen LogP contribution in [0.1, 0.15) is 33.6 Å². The van der Waals surface area contributed by atoms with Crippen molar-refractivity contribution >= 4 is 19.0 Å². The van der Waals surface area contributed by atoms with Gasteiger partial charge < -0.3 is 0 Å². The van der Waals surface area contributed by atoms with Crippen LogP contribution in [-0.2, 0) is 4.74 Å². The summed E-state index contributed by atoms with van der Waals surface area (Å²) in [5, 5.41) is 0. The standard InChI is InChI=1S/C12H19BNO2/c1-12(2,3)16-11(15)14-6-8-4-10(13)5-9(8)7-14/h8-9H,4-7H2,1-3H3/t8-,9+. The van der Waals surface area contributed by atoms with E-state index in [9.17, 15) is 4.79 Å². The van der Waals surface area contributed by atoms with Crippen molar-refractivity contribution < 1.29 is 9.53 Å². The van der Waals surface area contributed by atoms with E-state index in [2.05, 4.69) is 0 Å². The molecule has 2 atom stereocenters. The van der Waals surface area contributed by atoms with Gasteiger partial charge in [0.2, 0.25) is 0 Å². The molecule has 2 rings (SSSR count). The molecule has 0 aromatic rings. The van der Waals surface area contributed by atoms with E-state index < -0.39 is 5.60 Å². The molecular formula is C12H19BNO2. The molecule has 16 heavy (non-hydrogen) atoms. The quantitative estimate of drug-likeness (QED) is 0.580. The van der Waals surface area contributed by atoms with Crippen LogP contribution < -0.4 is 0 Å². The third-order valence-corrected chi connectivity index (χ3v) is 3.28. The van der Waals surface area contributed by atoms with Crippen LogP contribution in [0.5, 0.6) is 0 Å². The van der Waals surface area contributed by atoms with Gasteiger partial charge in [-0.3, -0.25) is 0 Å². The van der Waals surface area contributed by atoms with Gasteiger partial charge in [0.05, 0.1) is 0 Å². The van der Waals surface area contributed by atoms with Gasteiger partial charge in [-0.05, 0) is 0 Å². The summed E-state index contributed by atoms with van der Waals surface area (Å²) in [6.45, 7) is 7.30. The van der Waals surface area contributed by atoms with Crippen LogP contribution in [0.4, 0.5) is 4.79 Å². The molecule has 2 aliphatic rings. The first kappa shape index (κ1) is 11.7. The zero-order valence-electron chi connectivity index (χ0n) is 10.3. The molecule has 0 aromatic carbocycles. The van der Waals surface area contributed by atoms with Crippen molar-refractivity contribution in [3.05, 3.63) is 0 Å². The van der Waals surface area contributed by atoms with Gasteiger partial charge in [-0.15, -0.1) is 0 Å². The van der Waals surface area contributed by atoms with Crippen LogP contribution in [0.2, 0.25) is 0 Å². The number of ether oxygens (including phenoxy) is 1. The van der Waals surface area contributed by atoms with Gasteiger partial charge >= 0.3 is 97.6 Å². The number of hydrogen-bond donors (Lipinski definition) is 0. The third-order valence-electron chi connectivity index (χ3n) is 3.28. The maximum atomic E-state index is 11.8. The zero-order chi connectivity index (χ0) is 11.9. The van der Waals surface area contributed by atoms with E-state index in [-0.39, 0.29) is 6.09 Å². The maximum absolute atomic E-state index is 11.8. The van der Waals surface area contributed by atoms with Crippen molar-refractivity contribution in [3.8, 4) is 0 Å². The zero-order valence-corrected chi connectivity index (χ0v) is 10.3. The van der Waals surface area contributed by atoms with E-state index in [4.69, 9.17) is 12.2 Å². The molecular weight excluding hydrogens is 201 g/mol. The fourth-order valence-corrected chi connectivity index (χ4v) is 2.63. The average molecular weight is 220 g/mol. The first-order chi connectivity index (χ1) is 7.35. The first-order valence-electron chi connectivity index (χ1n) is 5.93. The van der Waals surface area contributed by atoms with E-state index in [1.807, 2.05) is 25.7 Å². The molecule has 87 valence electrons. The Morgan fingerprint density at radius 1 is 1.31 bits per heavy atom. The summed E-state index contributed by atoms with van der Waals surface area (Å²) in [7, 11) is 5.83. The van der Waals surface area contributed by atoms with Gasteiger partial charge in [-0.2, -0.15) is 0 Å². The summed E-state index contributed by atoms with van der Waals surface area (Å²) in [5.41, 5.74) is 0.693. The second-order valence-corrected chi connectivity index (χ2v) is 5.97. The van der Waals surface area contributed by atoms with Gasteiger partial charge in [0.25, 0.3) is 0 Å². The molecule has 0 unspecified atom stereocenters. The summed E-state index contributed by atoms with van der Waals surface area (Å²) in [6.07, 6.45) is 1.77. The number of amides is 1. The molecule has 1 saturated heterocycles. The molecule has 0 N–H and O–H groups in total. The van der Waals surface area contributed by atoms with Gasteiger partial charge in [0, 0.05) is 0 Å². The molecule has 0 aromatic heterocycles. The Hall–Kier alpha value is -0.795. The molecule has 1 amide bonds. The molecule has 1 aliphatic carbocycles. The van der Waals surface area contributed by atoms with E-state index >= 15 is 0 Å². The molecule has 1 heterocycles. The van der Waals surface area contributed by atoms with Gasteiger partial charge in [-0.25, -0.2) is 0 Å². The minimum atomic E-state index is -0.403. The van der Waals surface area contributed by atoms with Crippen LogP contribution in [0.3, 0.4) is 0 Å². The van der Waals surface area contributed by atoms with Crippen molar-refractivity contribution in [2.24, 2.45) is 11.8 Å². The van der Waals surface area contributed by atoms with E-state index in [0.29, 0.717) is 11.8 Å². The summed E-state index contributed by atoms with van der Waals surface area (Å²) >= 11 is 0. The van der Waals surface area contributed by atoms with Crippen molar-refractivity contribution in [2.75, 3.05) is 13.1 Å². The van der Waals surface area contributed by atoms with Gasteiger partial charge in [0.15, 0.2) is 0 Å².